The van der Waals surface area contributed by atoms with E-state index in [0.717, 1.165) is 5.56 Å². The third kappa shape index (κ3) is 4.67. The highest BCUT2D eigenvalue weighted by molar-refractivity contribution is 6.31. The van der Waals surface area contributed by atoms with Gasteiger partial charge in [0.25, 0.3) is 0 Å². The van der Waals surface area contributed by atoms with E-state index < -0.39 is 11.7 Å². The lowest BCUT2D eigenvalue weighted by atomic mass is 9.92. The lowest BCUT2D eigenvalue weighted by molar-refractivity contribution is -0.114. The number of rotatable bonds is 6. The molecule has 0 aliphatic carbocycles. The first-order valence-corrected chi connectivity index (χ1v) is 8.98. The number of nitrogens with one attached hydrogen (secondary N) is 2. The number of hydrogen-bond donors (Lipinski definition) is 2. The molecule has 0 aromatic heterocycles. The van der Waals surface area contributed by atoms with E-state index >= 15 is 0 Å². The Morgan fingerprint density at radius 1 is 1.07 bits per heavy atom. The Bertz CT molecular complexity index is 1020. The molecule has 0 aliphatic heterocycles. The van der Waals surface area contributed by atoms with E-state index in [1.54, 1.807) is 30.3 Å². The first-order valence-electron chi connectivity index (χ1n) is 8.60. The molecule has 3 rings (SSSR count). The van der Waals surface area contributed by atoms with Gasteiger partial charge in [-0.25, -0.2) is 4.39 Å². The normalized spacial score (nSPS) is 11.3. The highest BCUT2D eigenvalue weighted by atomic mass is 35.5. The molecule has 0 heterocycles. The van der Waals surface area contributed by atoms with E-state index in [0.29, 0.717) is 16.3 Å². The lowest BCUT2D eigenvalue weighted by Gasteiger charge is -2.14. The molecule has 0 saturated carbocycles. The second-order valence-electron chi connectivity index (χ2n) is 6.09. The number of anilines is 2. The van der Waals surface area contributed by atoms with Gasteiger partial charge in [0, 0.05) is 10.7 Å². The van der Waals surface area contributed by atoms with Gasteiger partial charge in [-0.05, 0) is 35.4 Å². The Hall–Kier alpha value is -3.36. The Balaban J connectivity index is 1.66. The van der Waals surface area contributed by atoms with Crippen molar-refractivity contribution in [1.82, 2.24) is 0 Å². The second kappa shape index (κ2) is 9.03. The van der Waals surface area contributed by atoms with E-state index in [1.165, 1.54) is 12.1 Å². The van der Waals surface area contributed by atoms with Crippen molar-refractivity contribution >= 4 is 28.9 Å². The summed E-state index contributed by atoms with van der Waals surface area (Å²) in [7, 11) is 0. The molecule has 0 saturated heterocycles. The highest BCUT2D eigenvalue weighted by Gasteiger charge is 2.17. The molecule has 28 heavy (non-hydrogen) atoms. The summed E-state index contributed by atoms with van der Waals surface area (Å²) in [5, 5.41) is 15.4. The molecule has 3 aromatic rings. The van der Waals surface area contributed by atoms with Gasteiger partial charge in [-0.15, -0.1) is 0 Å². The van der Waals surface area contributed by atoms with Crippen LogP contribution in [-0.2, 0) is 4.79 Å². The van der Waals surface area contributed by atoms with Crippen molar-refractivity contribution in [2.75, 3.05) is 17.2 Å². The maximum absolute atomic E-state index is 13.6. The van der Waals surface area contributed by atoms with Crippen molar-refractivity contribution in [3.63, 3.8) is 0 Å². The van der Waals surface area contributed by atoms with Crippen LogP contribution in [0.4, 0.5) is 15.8 Å². The van der Waals surface area contributed by atoms with Gasteiger partial charge < -0.3 is 10.6 Å². The summed E-state index contributed by atoms with van der Waals surface area (Å²) in [6, 6.07) is 22.8. The molecular weight excluding hydrogens is 377 g/mol. The number of carbonyl (C=O) groups is 1. The Labute approximate surface area is 167 Å². The number of para-hydroxylation sites is 1. The molecule has 0 unspecified atom stereocenters. The fourth-order valence-corrected chi connectivity index (χ4v) is 3.07. The number of carbonyl (C=O) groups excluding carboxylic acids is 1. The van der Waals surface area contributed by atoms with Gasteiger partial charge in [-0.1, -0.05) is 60.1 Å². The van der Waals surface area contributed by atoms with Crippen molar-refractivity contribution in [3.05, 3.63) is 94.8 Å². The van der Waals surface area contributed by atoms with Gasteiger partial charge in [0.05, 0.1) is 24.2 Å². The number of hydrogen-bond acceptors (Lipinski definition) is 3. The SMILES string of the molecule is N#C[C@@H](c1ccccc1)c1ccc(NCC(=O)Nc2ccccc2F)cc1Cl. The van der Waals surface area contributed by atoms with Gasteiger partial charge >= 0.3 is 0 Å². The number of amides is 1. The molecule has 0 spiro atoms. The maximum Gasteiger partial charge on any atom is 0.243 e. The van der Waals surface area contributed by atoms with Crippen LogP contribution in [0.25, 0.3) is 0 Å². The minimum absolute atomic E-state index is 0.0512. The number of halogens is 2. The number of nitriles is 1. The highest BCUT2D eigenvalue weighted by Crippen LogP contribution is 2.31. The van der Waals surface area contributed by atoms with Crippen molar-refractivity contribution in [3.8, 4) is 6.07 Å². The molecule has 0 radical (unpaired) electrons. The van der Waals surface area contributed by atoms with Crippen LogP contribution < -0.4 is 10.6 Å². The van der Waals surface area contributed by atoms with Gasteiger partial charge in [0.15, 0.2) is 0 Å². The zero-order chi connectivity index (χ0) is 19.9. The molecule has 3 aromatic carbocycles. The van der Waals surface area contributed by atoms with E-state index in [4.69, 9.17) is 11.6 Å². The summed E-state index contributed by atoms with van der Waals surface area (Å²) < 4.78 is 13.6. The first-order chi connectivity index (χ1) is 13.6. The van der Waals surface area contributed by atoms with Crippen LogP contribution in [0.5, 0.6) is 0 Å². The van der Waals surface area contributed by atoms with Crippen LogP contribution in [0, 0.1) is 17.1 Å². The largest absolute Gasteiger partial charge is 0.376 e. The molecular formula is C22H17ClFN3O. The van der Waals surface area contributed by atoms with E-state index in [1.807, 2.05) is 30.3 Å². The Kier molecular flexibility index (Phi) is 6.25. The Morgan fingerprint density at radius 2 is 1.79 bits per heavy atom. The molecule has 6 heteroatoms. The predicted molar refractivity (Wildman–Crippen MR) is 109 cm³/mol. The van der Waals surface area contributed by atoms with E-state index in [9.17, 15) is 14.4 Å². The molecule has 140 valence electrons. The van der Waals surface area contributed by atoms with Crippen molar-refractivity contribution in [1.29, 1.82) is 5.26 Å². The topological polar surface area (TPSA) is 64.9 Å². The molecule has 2 N–H and O–H groups in total. The van der Waals surface area contributed by atoms with Gasteiger partial charge in [-0.3, -0.25) is 4.79 Å². The quantitative estimate of drug-likeness (QED) is 0.606. The first kappa shape index (κ1) is 19.4. The summed E-state index contributed by atoms with van der Waals surface area (Å²) >= 11 is 6.38. The zero-order valence-corrected chi connectivity index (χ0v) is 15.6. The Morgan fingerprint density at radius 3 is 2.46 bits per heavy atom. The van der Waals surface area contributed by atoms with E-state index in [-0.39, 0.29) is 18.1 Å². The third-order valence-electron chi connectivity index (χ3n) is 4.17. The summed E-state index contributed by atoms with van der Waals surface area (Å²) in [5.41, 5.74) is 2.30. The fourth-order valence-electron chi connectivity index (χ4n) is 2.78. The zero-order valence-electron chi connectivity index (χ0n) is 14.8. The number of nitrogens with zero attached hydrogens (tertiary/aromatic N) is 1. The van der Waals surface area contributed by atoms with Crippen LogP contribution >= 0.6 is 11.6 Å². The molecule has 1 atom stereocenters. The van der Waals surface area contributed by atoms with Crippen LogP contribution in [0.1, 0.15) is 17.0 Å². The molecule has 4 nitrogen and oxygen atoms in total. The molecule has 0 aliphatic rings. The fraction of sp³-hybridized carbons (Fsp3) is 0.0909. The van der Waals surface area contributed by atoms with Gasteiger partial charge in [0.1, 0.15) is 5.82 Å². The monoisotopic (exact) mass is 393 g/mol. The van der Waals surface area contributed by atoms with Crippen LogP contribution in [-0.4, -0.2) is 12.5 Å². The summed E-state index contributed by atoms with van der Waals surface area (Å²) in [5.74, 6) is -1.36. The molecule has 0 bridgehead atoms. The van der Waals surface area contributed by atoms with Crippen molar-refractivity contribution < 1.29 is 9.18 Å². The minimum atomic E-state index is -0.494. The average Bonchev–Trinajstić information content (AvgIpc) is 2.71. The standard InChI is InChI=1S/C22H17ClFN3O/c23-19-12-16(26-14-22(28)27-21-9-5-4-8-20(21)24)10-11-17(19)18(13-25)15-6-2-1-3-7-15/h1-12,18,26H,14H2,(H,27,28)/t18-/m0/s1. The maximum atomic E-state index is 13.6. The average molecular weight is 394 g/mol. The summed E-state index contributed by atoms with van der Waals surface area (Å²) in [4.78, 5) is 12.0. The minimum Gasteiger partial charge on any atom is -0.376 e. The van der Waals surface area contributed by atoms with Crippen LogP contribution in [0.2, 0.25) is 5.02 Å². The predicted octanol–water partition coefficient (Wildman–Crippen LogP) is 5.19. The smallest absolute Gasteiger partial charge is 0.243 e. The van der Waals surface area contributed by atoms with Crippen molar-refractivity contribution in [2.24, 2.45) is 0 Å². The lowest BCUT2D eigenvalue weighted by Crippen LogP contribution is -2.22. The summed E-state index contributed by atoms with van der Waals surface area (Å²) in [6.45, 7) is -0.0512. The van der Waals surface area contributed by atoms with Gasteiger partial charge in [-0.2, -0.15) is 5.26 Å². The summed E-state index contributed by atoms with van der Waals surface area (Å²) in [6.07, 6.45) is 0. The molecule has 0 fully saturated rings. The third-order valence-corrected chi connectivity index (χ3v) is 4.50. The van der Waals surface area contributed by atoms with Crippen LogP contribution in [0.15, 0.2) is 72.8 Å². The van der Waals surface area contributed by atoms with E-state index in [2.05, 4.69) is 16.7 Å². The molecule has 1 amide bonds. The van der Waals surface area contributed by atoms with Crippen LogP contribution in [0.3, 0.4) is 0 Å². The second-order valence-corrected chi connectivity index (χ2v) is 6.50. The van der Waals surface area contributed by atoms with Crippen molar-refractivity contribution in [2.45, 2.75) is 5.92 Å². The number of benzene rings is 3. The van der Waals surface area contributed by atoms with Gasteiger partial charge in [0.2, 0.25) is 5.91 Å².